The number of hydrogen-bond acceptors (Lipinski definition) is 3. The summed E-state index contributed by atoms with van der Waals surface area (Å²) in [6, 6.07) is 2.01. The van der Waals surface area contributed by atoms with E-state index in [9.17, 15) is 0 Å². The van der Waals surface area contributed by atoms with Gasteiger partial charge in [-0.25, -0.2) is 4.98 Å². The summed E-state index contributed by atoms with van der Waals surface area (Å²) in [6.45, 7) is 6.34. The maximum absolute atomic E-state index is 4.25. The molecule has 0 radical (unpaired) electrons. The van der Waals surface area contributed by atoms with Crippen LogP contribution in [0.5, 0.6) is 0 Å². The summed E-state index contributed by atoms with van der Waals surface area (Å²) in [6.07, 6.45) is 7.40. The predicted octanol–water partition coefficient (Wildman–Crippen LogP) is 2.03. The molecule has 1 N–H and O–H groups in total. The molecule has 2 rings (SSSR count). The Morgan fingerprint density at radius 3 is 2.65 bits per heavy atom. The van der Waals surface area contributed by atoms with Crippen molar-refractivity contribution in [3.8, 4) is 5.69 Å². The lowest BCUT2D eigenvalue weighted by Gasteiger charge is -2.25. The molecule has 0 aromatic carbocycles. The van der Waals surface area contributed by atoms with Crippen molar-refractivity contribution < 1.29 is 0 Å². The summed E-state index contributed by atoms with van der Waals surface area (Å²) in [5.41, 5.74) is 3.25. The van der Waals surface area contributed by atoms with Gasteiger partial charge in [0, 0.05) is 6.20 Å². The van der Waals surface area contributed by atoms with Gasteiger partial charge in [-0.15, -0.1) is 0 Å². The van der Waals surface area contributed by atoms with Crippen LogP contribution in [0.2, 0.25) is 0 Å². The van der Waals surface area contributed by atoms with E-state index in [1.54, 1.807) is 6.20 Å². The van der Waals surface area contributed by atoms with Gasteiger partial charge >= 0.3 is 0 Å². The van der Waals surface area contributed by atoms with E-state index in [1.807, 2.05) is 31.8 Å². The van der Waals surface area contributed by atoms with Gasteiger partial charge in [0.2, 0.25) is 0 Å². The fourth-order valence-corrected chi connectivity index (χ4v) is 1.79. The van der Waals surface area contributed by atoms with Crippen LogP contribution in [0.3, 0.4) is 0 Å². The Hall–Kier alpha value is -1.68. The molecular weight excluding hydrogens is 212 g/mol. The molecule has 0 spiro atoms. The van der Waals surface area contributed by atoms with E-state index in [-0.39, 0.29) is 5.54 Å². The van der Waals surface area contributed by atoms with Gasteiger partial charge in [0.1, 0.15) is 0 Å². The van der Waals surface area contributed by atoms with Gasteiger partial charge in [-0.1, -0.05) is 0 Å². The van der Waals surface area contributed by atoms with Crippen molar-refractivity contribution >= 4 is 0 Å². The van der Waals surface area contributed by atoms with Crippen LogP contribution in [-0.4, -0.2) is 21.6 Å². The van der Waals surface area contributed by atoms with Crippen molar-refractivity contribution in [3.05, 3.63) is 42.2 Å². The Balaban J connectivity index is 2.56. The summed E-state index contributed by atoms with van der Waals surface area (Å²) in [5, 5.41) is 3.29. The van der Waals surface area contributed by atoms with E-state index < -0.39 is 0 Å². The number of imidazole rings is 1. The SMILES string of the molecule is CNC(C)(C)c1cncn1-c1cnccc1C. The number of aromatic nitrogens is 3. The lowest BCUT2D eigenvalue weighted by Crippen LogP contribution is -2.35. The minimum atomic E-state index is -0.126. The molecule has 2 heterocycles. The van der Waals surface area contributed by atoms with E-state index in [0.717, 1.165) is 11.4 Å². The highest BCUT2D eigenvalue weighted by Crippen LogP contribution is 2.23. The van der Waals surface area contributed by atoms with E-state index >= 15 is 0 Å². The van der Waals surface area contributed by atoms with Crippen molar-refractivity contribution in [3.63, 3.8) is 0 Å². The van der Waals surface area contributed by atoms with E-state index in [2.05, 4.69) is 40.6 Å². The molecule has 0 saturated heterocycles. The maximum atomic E-state index is 4.25. The molecule has 0 aliphatic rings. The van der Waals surface area contributed by atoms with Crippen molar-refractivity contribution in [2.75, 3.05) is 7.05 Å². The third-order valence-corrected chi connectivity index (χ3v) is 3.17. The highest BCUT2D eigenvalue weighted by atomic mass is 15.1. The highest BCUT2D eigenvalue weighted by Gasteiger charge is 2.23. The Bertz CT molecular complexity index is 514. The molecule has 0 saturated carbocycles. The molecule has 0 fully saturated rings. The minimum absolute atomic E-state index is 0.126. The average Bonchev–Trinajstić information content (AvgIpc) is 2.79. The van der Waals surface area contributed by atoms with Gasteiger partial charge in [-0.2, -0.15) is 0 Å². The van der Waals surface area contributed by atoms with E-state index in [4.69, 9.17) is 0 Å². The first-order valence-electron chi connectivity index (χ1n) is 5.69. The third kappa shape index (κ3) is 2.08. The van der Waals surface area contributed by atoms with Crippen molar-refractivity contribution in [2.24, 2.45) is 0 Å². The lowest BCUT2D eigenvalue weighted by atomic mass is 10.0. The molecule has 0 aliphatic heterocycles. The first kappa shape index (κ1) is 11.8. The second kappa shape index (κ2) is 4.30. The van der Waals surface area contributed by atoms with Crippen molar-refractivity contribution in [1.82, 2.24) is 19.9 Å². The molecule has 2 aromatic heterocycles. The summed E-state index contributed by atoms with van der Waals surface area (Å²) in [7, 11) is 1.95. The topological polar surface area (TPSA) is 42.7 Å². The van der Waals surface area contributed by atoms with Gasteiger partial charge in [0.25, 0.3) is 0 Å². The van der Waals surface area contributed by atoms with Crippen molar-refractivity contribution in [2.45, 2.75) is 26.3 Å². The smallest absolute Gasteiger partial charge is 0.0995 e. The highest BCUT2D eigenvalue weighted by molar-refractivity contribution is 5.39. The van der Waals surface area contributed by atoms with Crippen LogP contribution >= 0.6 is 0 Å². The number of pyridine rings is 1. The van der Waals surface area contributed by atoms with Crippen LogP contribution in [0.4, 0.5) is 0 Å². The van der Waals surface area contributed by atoms with Gasteiger partial charge in [-0.3, -0.25) is 9.55 Å². The molecule has 4 heteroatoms. The Morgan fingerprint density at radius 2 is 2.00 bits per heavy atom. The summed E-state index contributed by atoms with van der Waals surface area (Å²) in [5.74, 6) is 0. The van der Waals surface area contributed by atoms with Crippen LogP contribution < -0.4 is 5.32 Å². The molecule has 0 aliphatic carbocycles. The first-order chi connectivity index (χ1) is 8.06. The summed E-state index contributed by atoms with van der Waals surface area (Å²) in [4.78, 5) is 8.43. The fourth-order valence-electron chi connectivity index (χ4n) is 1.79. The second-order valence-corrected chi connectivity index (χ2v) is 4.69. The molecule has 4 nitrogen and oxygen atoms in total. The Labute approximate surface area is 102 Å². The van der Waals surface area contributed by atoms with Crippen LogP contribution in [0.1, 0.15) is 25.1 Å². The normalized spacial score (nSPS) is 11.8. The van der Waals surface area contributed by atoms with Crippen LogP contribution in [0.15, 0.2) is 31.0 Å². The molecule has 90 valence electrons. The van der Waals surface area contributed by atoms with Crippen LogP contribution in [0.25, 0.3) is 5.69 Å². The number of hydrogen-bond donors (Lipinski definition) is 1. The zero-order valence-corrected chi connectivity index (χ0v) is 10.7. The van der Waals surface area contributed by atoms with Crippen molar-refractivity contribution in [1.29, 1.82) is 0 Å². The van der Waals surface area contributed by atoms with E-state index in [1.165, 1.54) is 5.56 Å². The Morgan fingerprint density at radius 1 is 1.24 bits per heavy atom. The van der Waals surface area contributed by atoms with Gasteiger partial charge < -0.3 is 5.32 Å². The zero-order chi connectivity index (χ0) is 12.5. The summed E-state index contributed by atoms with van der Waals surface area (Å²) >= 11 is 0. The summed E-state index contributed by atoms with van der Waals surface area (Å²) < 4.78 is 2.08. The average molecular weight is 230 g/mol. The largest absolute Gasteiger partial charge is 0.310 e. The van der Waals surface area contributed by atoms with Gasteiger partial charge in [0.15, 0.2) is 0 Å². The third-order valence-electron chi connectivity index (χ3n) is 3.17. The molecule has 2 aromatic rings. The zero-order valence-electron chi connectivity index (χ0n) is 10.7. The second-order valence-electron chi connectivity index (χ2n) is 4.69. The van der Waals surface area contributed by atoms with E-state index in [0.29, 0.717) is 0 Å². The fraction of sp³-hybridized carbons (Fsp3) is 0.385. The molecule has 0 amide bonds. The molecular formula is C13H18N4. The lowest BCUT2D eigenvalue weighted by molar-refractivity contribution is 0.424. The predicted molar refractivity (Wildman–Crippen MR) is 68.2 cm³/mol. The number of nitrogens with one attached hydrogen (secondary N) is 1. The van der Waals surface area contributed by atoms with Gasteiger partial charge in [-0.05, 0) is 39.4 Å². The first-order valence-corrected chi connectivity index (χ1v) is 5.69. The quantitative estimate of drug-likeness (QED) is 0.877. The van der Waals surface area contributed by atoms with Crippen LogP contribution in [0, 0.1) is 6.92 Å². The molecule has 0 bridgehead atoms. The molecule has 17 heavy (non-hydrogen) atoms. The molecule has 0 unspecified atom stereocenters. The Kier molecular flexibility index (Phi) is 2.98. The van der Waals surface area contributed by atoms with Crippen LogP contribution in [-0.2, 0) is 5.54 Å². The van der Waals surface area contributed by atoms with Gasteiger partial charge in [0.05, 0.1) is 35.6 Å². The maximum Gasteiger partial charge on any atom is 0.0995 e. The number of aryl methyl sites for hydroxylation is 1. The monoisotopic (exact) mass is 230 g/mol. The number of nitrogens with zero attached hydrogens (tertiary/aromatic N) is 3. The standard InChI is InChI=1S/C13H18N4/c1-10-5-6-15-7-11(10)17-9-16-8-12(17)13(2,3)14-4/h5-9,14H,1-4H3. The molecule has 0 atom stereocenters. The minimum Gasteiger partial charge on any atom is -0.310 e. The number of rotatable bonds is 3.